The average molecular weight is 401 g/mol. The molecule has 2 amide bonds. The van der Waals surface area contributed by atoms with Gasteiger partial charge in [-0.3, -0.25) is 9.59 Å². The van der Waals surface area contributed by atoms with E-state index in [4.69, 9.17) is 0 Å². The third-order valence-corrected chi connectivity index (χ3v) is 6.11. The average Bonchev–Trinajstić information content (AvgIpc) is 3.36. The number of carbonyl (C=O) groups is 2. The number of benzene rings is 1. The molecule has 0 fully saturated rings. The SMILES string of the molecule is Cc1ccc(NC(=O)C(=O)NCC(O)(c2ccsc2)c2cccs2)cc1C. The number of anilines is 1. The quantitative estimate of drug-likeness (QED) is 0.574. The van der Waals surface area contributed by atoms with Crippen molar-refractivity contribution in [3.63, 3.8) is 0 Å². The number of hydrogen-bond donors (Lipinski definition) is 3. The number of hydrogen-bond acceptors (Lipinski definition) is 5. The lowest BCUT2D eigenvalue weighted by molar-refractivity contribution is -0.136. The molecular weight excluding hydrogens is 380 g/mol. The zero-order valence-corrected chi connectivity index (χ0v) is 16.6. The molecule has 0 saturated heterocycles. The van der Waals surface area contributed by atoms with Crippen LogP contribution in [0.3, 0.4) is 0 Å². The molecule has 5 nitrogen and oxygen atoms in total. The maximum absolute atomic E-state index is 12.3. The molecule has 2 aromatic heterocycles. The summed E-state index contributed by atoms with van der Waals surface area (Å²) in [4.78, 5) is 25.2. The van der Waals surface area contributed by atoms with Crippen LogP contribution in [-0.4, -0.2) is 23.5 Å². The molecule has 1 aromatic carbocycles. The Morgan fingerprint density at radius 1 is 1.07 bits per heavy atom. The highest BCUT2D eigenvalue weighted by molar-refractivity contribution is 7.10. The van der Waals surface area contributed by atoms with Crippen LogP contribution >= 0.6 is 22.7 Å². The summed E-state index contributed by atoms with van der Waals surface area (Å²) in [6.45, 7) is 3.82. The summed E-state index contributed by atoms with van der Waals surface area (Å²) in [5.74, 6) is -1.56. The Kier molecular flexibility index (Phi) is 5.74. The first kappa shape index (κ1) is 19.3. The third-order valence-electron chi connectivity index (χ3n) is 4.40. The lowest BCUT2D eigenvalue weighted by atomic mass is 9.94. The van der Waals surface area contributed by atoms with Gasteiger partial charge in [-0.15, -0.1) is 11.3 Å². The van der Waals surface area contributed by atoms with E-state index in [9.17, 15) is 14.7 Å². The van der Waals surface area contributed by atoms with E-state index in [2.05, 4.69) is 10.6 Å². The molecule has 0 aliphatic carbocycles. The highest BCUT2D eigenvalue weighted by Crippen LogP contribution is 2.33. The van der Waals surface area contributed by atoms with Crippen molar-refractivity contribution < 1.29 is 14.7 Å². The van der Waals surface area contributed by atoms with Crippen LogP contribution in [0, 0.1) is 13.8 Å². The molecule has 0 radical (unpaired) electrons. The zero-order valence-electron chi connectivity index (χ0n) is 15.0. The van der Waals surface area contributed by atoms with Crippen molar-refractivity contribution in [1.82, 2.24) is 5.32 Å². The number of aryl methyl sites for hydroxylation is 2. The predicted molar refractivity (Wildman–Crippen MR) is 109 cm³/mol. The first-order valence-electron chi connectivity index (χ1n) is 8.35. The Hall–Kier alpha value is -2.48. The molecule has 0 aliphatic heterocycles. The van der Waals surface area contributed by atoms with E-state index in [-0.39, 0.29) is 6.54 Å². The Bertz CT molecular complexity index is 900. The van der Waals surface area contributed by atoms with Crippen molar-refractivity contribution >= 4 is 40.2 Å². The Balaban J connectivity index is 1.69. The van der Waals surface area contributed by atoms with Crippen molar-refractivity contribution in [2.45, 2.75) is 19.4 Å². The Morgan fingerprint density at radius 3 is 2.52 bits per heavy atom. The molecule has 0 saturated carbocycles. The topological polar surface area (TPSA) is 78.4 Å². The molecule has 3 aromatic rings. The van der Waals surface area contributed by atoms with Crippen LogP contribution in [0.2, 0.25) is 0 Å². The van der Waals surface area contributed by atoms with E-state index < -0.39 is 17.4 Å². The lowest BCUT2D eigenvalue weighted by Gasteiger charge is -2.26. The lowest BCUT2D eigenvalue weighted by Crippen LogP contribution is -2.44. The van der Waals surface area contributed by atoms with Gasteiger partial charge >= 0.3 is 11.8 Å². The van der Waals surface area contributed by atoms with Crippen molar-refractivity contribution in [2.24, 2.45) is 0 Å². The van der Waals surface area contributed by atoms with E-state index in [0.29, 0.717) is 16.1 Å². The molecular formula is C20H20N2O3S2. The van der Waals surface area contributed by atoms with Gasteiger partial charge in [0.25, 0.3) is 0 Å². The number of thiophene rings is 2. The van der Waals surface area contributed by atoms with Crippen LogP contribution < -0.4 is 10.6 Å². The van der Waals surface area contributed by atoms with Crippen LogP contribution in [0.4, 0.5) is 5.69 Å². The minimum atomic E-state index is -1.37. The fraction of sp³-hybridized carbons (Fsp3) is 0.200. The summed E-state index contributed by atoms with van der Waals surface area (Å²) >= 11 is 2.86. The number of nitrogens with one attached hydrogen (secondary N) is 2. The predicted octanol–water partition coefficient (Wildman–Crippen LogP) is 3.42. The molecule has 3 rings (SSSR count). The second-order valence-electron chi connectivity index (χ2n) is 6.29. The van der Waals surface area contributed by atoms with E-state index in [0.717, 1.165) is 11.1 Å². The highest BCUT2D eigenvalue weighted by atomic mass is 32.1. The molecule has 27 heavy (non-hydrogen) atoms. The largest absolute Gasteiger partial charge is 0.378 e. The first-order valence-corrected chi connectivity index (χ1v) is 10.2. The summed E-state index contributed by atoms with van der Waals surface area (Å²) in [5.41, 5.74) is 2.01. The molecule has 7 heteroatoms. The minimum Gasteiger partial charge on any atom is -0.378 e. The number of amides is 2. The monoisotopic (exact) mass is 400 g/mol. The number of aliphatic hydroxyl groups is 1. The third kappa shape index (κ3) is 4.27. The van der Waals surface area contributed by atoms with Crippen LogP contribution in [-0.2, 0) is 15.2 Å². The van der Waals surface area contributed by atoms with Gasteiger partial charge in [-0.05, 0) is 65.4 Å². The summed E-state index contributed by atoms with van der Waals surface area (Å²) in [6.07, 6.45) is 0. The second-order valence-corrected chi connectivity index (χ2v) is 8.01. The number of rotatable bonds is 5. The summed E-state index contributed by atoms with van der Waals surface area (Å²) < 4.78 is 0. The summed E-state index contributed by atoms with van der Waals surface area (Å²) in [5, 5.41) is 21.9. The molecule has 0 aliphatic rings. The zero-order chi connectivity index (χ0) is 19.4. The van der Waals surface area contributed by atoms with Crippen LogP contribution in [0.25, 0.3) is 0 Å². The van der Waals surface area contributed by atoms with Gasteiger partial charge < -0.3 is 15.7 Å². The molecule has 3 N–H and O–H groups in total. The second kappa shape index (κ2) is 8.04. The summed E-state index contributed by atoms with van der Waals surface area (Å²) in [7, 11) is 0. The van der Waals surface area contributed by atoms with Gasteiger partial charge in [0.05, 0.1) is 6.54 Å². The first-order chi connectivity index (χ1) is 12.9. The maximum Gasteiger partial charge on any atom is 0.313 e. The van der Waals surface area contributed by atoms with Crippen molar-refractivity contribution in [3.05, 3.63) is 74.1 Å². The van der Waals surface area contributed by atoms with Crippen LogP contribution in [0.1, 0.15) is 21.6 Å². The fourth-order valence-electron chi connectivity index (χ4n) is 2.64. The standard InChI is InChI=1S/C20H20N2O3S2/c1-13-5-6-16(10-14(13)2)22-19(24)18(23)21-12-20(25,15-7-9-26-11-15)17-4-3-8-27-17/h3-11,25H,12H2,1-2H3,(H,21,23)(H,22,24). The van der Waals surface area contributed by atoms with Gasteiger partial charge in [-0.2, -0.15) is 11.3 Å². The molecule has 0 bridgehead atoms. The van der Waals surface area contributed by atoms with E-state index in [1.807, 2.05) is 60.3 Å². The van der Waals surface area contributed by atoms with Gasteiger partial charge in [0.15, 0.2) is 0 Å². The molecule has 140 valence electrons. The van der Waals surface area contributed by atoms with E-state index >= 15 is 0 Å². The van der Waals surface area contributed by atoms with Crippen LogP contribution in [0.5, 0.6) is 0 Å². The molecule has 1 unspecified atom stereocenters. The summed E-state index contributed by atoms with van der Waals surface area (Å²) in [6, 6.07) is 10.9. The Morgan fingerprint density at radius 2 is 1.89 bits per heavy atom. The van der Waals surface area contributed by atoms with Crippen molar-refractivity contribution in [2.75, 3.05) is 11.9 Å². The van der Waals surface area contributed by atoms with Gasteiger partial charge in [-0.25, -0.2) is 0 Å². The minimum absolute atomic E-state index is 0.0938. The normalized spacial score (nSPS) is 13.0. The van der Waals surface area contributed by atoms with Crippen LogP contribution in [0.15, 0.2) is 52.5 Å². The fourth-order valence-corrected chi connectivity index (χ4v) is 4.21. The maximum atomic E-state index is 12.3. The molecule has 1 atom stereocenters. The smallest absolute Gasteiger partial charge is 0.313 e. The van der Waals surface area contributed by atoms with Crippen molar-refractivity contribution in [1.29, 1.82) is 0 Å². The highest BCUT2D eigenvalue weighted by Gasteiger charge is 2.34. The van der Waals surface area contributed by atoms with Gasteiger partial charge in [0.2, 0.25) is 0 Å². The Labute approximate surface area is 165 Å². The van der Waals surface area contributed by atoms with Crippen molar-refractivity contribution in [3.8, 4) is 0 Å². The van der Waals surface area contributed by atoms with E-state index in [1.165, 1.54) is 22.7 Å². The molecule has 2 heterocycles. The van der Waals surface area contributed by atoms with Gasteiger partial charge in [-0.1, -0.05) is 12.1 Å². The van der Waals surface area contributed by atoms with E-state index in [1.54, 1.807) is 6.07 Å². The molecule has 0 spiro atoms. The number of carbonyl (C=O) groups excluding carboxylic acids is 2. The van der Waals surface area contributed by atoms with Gasteiger partial charge in [0.1, 0.15) is 5.60 Å². The van der Waals surface area contributed by atoms with Gasteiger partial charge in [0, 0.05) is 16.1 Å².